The Bertz CT molecular complexity index is 562. The summed E-state index contributed by atoms with van der Waals surface area (Å²) in [7, 11) is 1.51. The smallest absolute Gasteiger partial charge is 0.137 e. The lowest BCUT2D eigenvalue weighted by Gasteiger charge is -2.13. The van der Waals surface area contributed by atoms with Gasteiger partial charge in [-0.05, 0) is 24.3 Å². The van der Waals surface area contributed by atoms with Gasteiger partial charge in [0.1, 0.15) is 17.7 Å². The number of ether oxygens (including phenoxy) is 1. The minimum Gasteiger partial charge on any atom is -0.495 e. The minimum atomic E-state index is -1.08. The van der Waals surface area contributed by atoms with Crippen molar-refractivity contribution in [1.82, 2.24) is 4.98 Å². The maximum absolute atomic E-state index is 13.7. The van der Waals surface area contributed by atoms with Crippen LogP contribution in [0.1, 0.15) is 17.2 Å². The van der Waals surface area contributed by atoms with Gasteiger partial charge < -0.3 is 9.84 Å². The van der Waals surface area contributed by atoms with Gasteiger partial charge in [-0.15, -0.1) is 0 Å². The van der Waals surface area contributed by atoms with E-state index in [2.05, 4.69) is 20.9 Å². The first-order valence-electron chi connectivity index (χ1n) is 5.24. The van der Waals surface area contributed by atoms with Crippen molar-refractivity contribution in [3.05, 3.63) is 58.1 Å². The molecule has 1 aromatic heterocycles. The van der Waals surface area contributed by atoms with Gasteiger partial charge in [0.15, 0.2) is 0 Å². The highest BCUT2D eigenvalue weighted by molar-refractivity contribution is 9.10. The van der Waals surface area contributed by atoms with Gasteiger partial charge >= 0.3 is 0 Å². The summed E-state index contributed by atoms with van der Waals surface area (Å²) in [6.07, 6.45) is 1.92. The third-order valence-corrected chi connectivity index (χ3v) is 3.03. The lowest BCUT2D eigenvalue weighted by molar-refractivity contribution is 0.214. The molecule has 0 aliphatic carbocycles. The third-order valence-electron chi connectivity index (χ3n) is 2.54. The SMILES string of the molecule is COc1cncc(C(O)c2cc(Br)ccc2F)c1. The van der Waals surface area contributed by atoms with E-state index in [1.54, 1.807) is 18.2 Å². The zero-order valence-corrected chi connectivity index (χ0v) is 11.2. The van der Waals surface area contributed by atoms with Gasteiger partial charge in [-0.1, -0.05) is 15.9 Å². The summed E-state index contributed by atoms with van der Waals surface area (Å²) in [6, 6.07) is 6.04. The van der Waals surface area contributed by atoms with Crippen LogP contribution in [0.4, 0.5) is 4.39 Å². The Morgan fingerprint density at radius 1 is 1.33 bits per heavy atom. The van der Waals surface area contributed by atoms with Crippen molar-refractivity contribution in [2.45, 2.75) is 6.10 Å². The molecule has 0 radical (unpaired) electrons. The summed E-state index contributed by atoms with van der Waals surface area (Å²) in [6.45, 7) is 0. The molecule has 0 amide bonds. The van der Waals surface area contributed by atoms with Gasteiger partial charge in [-0.3, -0.25) is 4.98 Å². The number of hydrogen-bond donors (Lipinski definition) is 1. The van der Waals surface area contributed by atoms with Gasteiger partial charge in [0.05, 0.1) is 13.3 Å². The fourth-order valence-electron chi connectivity index (χ4n) is 1.60. The van der Waals surface area contributed by atoms with Crippen molar-refractivity contribution in [2.75, 3.05) is 7.11 Å². The van der Waals surface area contributed by atoms with Crippen molar-refractivity contribution >= 4 is 15.9 Å². The largest absolute Gasteiger partial charge is 0.495 e. The summed E-state index contributed by atoms with van der Waals surface area (Å²) in [4.78, 5) is 3.93. The van der Waals surface area contributed by atoms with E-state index in [1.165, 1.54) is 25.6 Å². The van der Waals surface area contributed by atoms with Crippen LogP contribution >= 0.6 is 15.9 Å². The zero-order chi connectivity index (χ0) is 13.1. The Labute approximate surface area is 112 Å². The van der Waals surface area contributed by atoms with Crippen LogP contribution in [0.3, 0.4) is 0 Å². The van der Waals surface area contributed by atoms with Gasteiger partial charge in [-0.25, -0.2) is 4.39 Å². The van der Waals surface area contributed by atoms with Crippen LogP contribution in [-0.4, -0.2) is 17.2 Å². The fourth-order valence-corrected chi connectivity index (χ4v) is 1.98. The molecular formula is C13H11BrFNO2. The molecule has 1 N–H and O–H groups in total. The second kappa shape index (κ2) is 5.46. The van der Waals surface area contributed by atoms with Crippen LogP contribution in [0.25, 0.3) is 0 Å². The van der Waals surface area contributed by atoms with Gasteiger partial charge in [0.2, 0.25) is 0 Å². The highest BCUT2D eigenvalue weighted by Crippen LogP contribution is 2.28. The average Bonchev–Trinajstić information content (AvgIpc) is 2.41. The highest BCUT2D eigenvalue weighted by Gasteiger charge is 2.16. The van der Waals surface area contributed by atoms with Crippen molar-refractivity contribution in [3.8, 4) is 5.75 Å². The van der Waals surface area contributed by atoms with Crippen molar-refractivity contribution in [3.63, 3.8) is 0 Å². The quantitative estimate of drug-likeness (QED) is 0.947. The van der Waals surface area contributed by atoms with Crippen molar-refractivity contribution in [1.29, 1.82) is 0 Å². The number of rotatable bonds is 3. The normalized spacial score (nSPS) is 12.2. The van der Waals surface area contributed by atoms with Crippen molar-refractivity contribution < 1.29 is 14.2 Å². The van der Waals surface area contributed by atoms with Gasteiger partial charge in [0, 0.05) is 21.8 Å². The van der Waals surface area contributed by atoms with Gasteiger partial charge in [-0.2, -0.15) is 0 Å². The number of aromatic nitrogens is 1. The number of aliphatic hydroxyl groups is 1. The Kier molecular flexibility index (Phi) is 3.93. The number of benzene rings is 1. The Morgan fingerprint density at radius 3 is 2.83 bits per heavy atom. The molecule has 0 aliphatic rings. The lowest BCUT2D eigenvalue weighted by atomic mass is 10.0. The first-order valence-corrected chi connectivity index (χ1v) is 6.03. The minimum absolute atomic E-state index is 0.194. The highest BCUT2D eigenvalue weighted by atomic mass is 79.9. The van der Waals surface area contributed by atoms with Crippen LogP contribution < -0.4 is 4.74 Å². The molecule has 0 spiro atoms. The van der Waals surface area contributed by atoms with E-state index in [9.17, 15) is 9.50 Å². The fraction of sp³-hybridized carbons (Fsp3) is 0.154. The molecule has 1 unspecified atom stereocenters. The number of halogens is 2. The molecule has 0 fully saturated rings. The number of pyridine rings is 1. The van der Waals surface area contributed by atoms with Crippen LogP contribution in [0.2, 0.25) is 0 Å². The van der Waals surface area contributed by atoms with Crippen LogP contribution in [-0.2, 0) is 0 Å². The Morgan fingerprint density at radius 2 is 2.11 bits per heavy atom. The summed E-state index contributed by atoms with van der Waals surface area (Å²) in [5.41, 5.74) is 0.672. The average molecular weight is 312 g/mol. The molecule has 1 aromatic carbocycles. The molecule has 3 nitrogen and oxygen atoms in total. The molecule has 0 bridgehead atoms. The molecule has 0 saturated carbocycles. The monoisotopic (exact) mass is 311 g/mol. The third kappa shape index (κ3) is 2.68. The molecular weight excluding hydrogens is 301 g/mol. The van der Waals surface area contributed by atoms with Crippen LogP contribution in [0.15, 0.2) is 41.1 Å². The lowest BCUT2D eigenvalue weighted by Crippen LogP contribution is -2.03. The van der Waals surface area contributed by atoms with Crippen LogP contribution in [0.5, 0.6) is 5.75 Å². The number of hydrogen-bond acceptors (Lipinski definition) is 3. The maximum atomic E-state index is 13.7. The number of methoxy groups -OCH3 is 1. The van der Waals surface area contributed by atoms with E-state index in [0.717, 1.165) is 0 Å². The predicted molar refractivity (Wildman–Crippen MR) is 69.0 cm³/mol. The topological polar surface area (TPSA) is 42.4 Å². The number of aliphatic hydroxyl groups excluding tert-OH is 1. The first kappa shape index (κ1) is 13.0. The standard InChI is InChI=1S/C13H11BrFNO2/c1-18-10-4-8(6-16-7-10)13(17)11-5-9(14)2-3-12(11)15/h2-7,13,17H,1H3. The number of nitrogens with zero attached hydrogens (tertiary/aromatic N) is 1. The second-order valence-corrected chi connectivity index (χ2v) is 4.64. The van der Waals surface area contributed by atoms with E-state index in [4.69, 9.17) is 4.74 Å². The van der Waals surface area contributed by atoms with Crippen LogP contribution in [0, 0.1) is 5.82 Å². The zero-order valence-electron chi connectivity index (χ0n) is 9.60. The summed E-state index contributed by atoms with van der Waals surface area (Å²) >= 11 is 3.25. The Balaban J connectivity index is 2.40. The predicted octanol–water partition coefficient (Wildman–Crippen LogP) is 3.07. The summed E-state index contributed by atoms with van der Waals surface area (Å²) in [5.74, 6) is 0.0514. The molecule has 5 heteroatoms. The molecule has 1 heterocycles. The van der Waals surface area contributed by atoms with E-state index < -0.39 is 11.9 Å². The van der Waals surface area contributed by atoms with E-state index in [0.29, 0.717) is 15.8 Å². The molecule has 2 aromatic rings. The maximum Gasteiger partial charge on any atom is 0.137 e. The molecule has 94 valence electrons. The molecule has 18 heavy (non-hydrogen) atoms. The molecule has 0 aliphatic heterocycles. The summed E-state index contributed by atoms with van der Waals surface area (Å²) in [5, 5.41) is 10.2. The Hall–Kier alpha value is -1.46. The first-order chi connectivity index (χ1) is 8.61. The van der Waals surface area contributed by atoms with E-state index >= 15 is 0 Å². The molecule has 0 saturated heterocycles. The molecule has 1 atom stereocenters. The summed E-state index contributed by atoms with van der Waals surface area (Å²) < 4.78 is 19.4. The molecule has 2 rings (SSSR count). The second-order valence-electron chi connectivity index (χ2n) is 3.73. The van der Waals surface area contributed by atoms with Gasteiger partial charge in [0.25, 0.3) is 0 Å². The van der Waals surface area contributed by atoms with E-state index in [-0.39, 0.29) is 5.56 Å². The van der Waals surface area contributed by atoms with E-state index in [1.807, 2.05) is 0 Å². The van der Waals surface area contributed by atoms with Crippen molar-refractivity contribution in [2.24, 2.45) is 0 Å².